The summed E-state index contributed by atoms with van der Waals surface area (Å²) in [7, 11) is 5.41. The standard InChI is InChI=1S/C45H85NO7/c1-6-8-10-12-14-16-18-20-21-22-24-25-27-29-31-33-35-43(47)52-40-41(39-51-38-37-42(45(49)50)46(3,4)5)53-44(48)36-34-32-30-28-26-23-19-17-15-13-11-9-7-2/h17,19,41-42H,6-16,18,20-40H2,1-5H3/b19-17-. The maximum absolute atomic E-state index is 12.7. The molecule has 312 valence electrons. The quantitative estimate of drug-likeness (QED) is 0.0266. The Morgan fingerprint density at radius 3 is 1.38 bits per heavy atom. The molecule has 0 N–H and O–H groups in total. The summed E-state index contributed by atoms with van der Waals surface area (Å²) in [5.74, 6) is -1.73. The lowest BCUT2D eigenvalue weighted by molar-refractivity contribution is -0.889. The number of unbranched alkanes of at least 4 members (excludes halogenated alkanes) is 24. The van der Waals surface area contributed by atoms with Crippen LogP contribution in [0.5, 0.6) is 0 Å². The molecular weight excluding hydrogens is 666 g/mol. The van der Waals surface area contributed by atoms with Crippen molar-refractivity contribution in [3.8, 4) is 0 Å². The number of aliphatic carboxylic acids is 1. The molecule has 2 unspecified atom stereocenters. The highest BCUT2D eigenvalue weighted by Crippen LogP contribution is 2.15. The van der Waals surface area contributed by atoms with E-state index in [-0.39, 0.29) is 42.7 Å². The van der Waals surface area contributed by atoms with Crippen molar-refractivity contribution in [2.24, 2.45) is 0 Å². The summed E-state index contributed by atoms with van der Waals surface area (Å²) in [6.45, 7) is 4.66. The topological polar surface area (TPSA) is 102 Å². The van der Waals surface area contributed by atoms with Gasteiger partial charge in [0.1, 0.15) is 12.6 Å². The molecule has 0 fully saturated rings. The molecule has 0 spiro atoms. The van der Waals surface area contributed by atoms with Gasteiger partial charge in [-0.15, -0.1) is 0 Å². The number of esters is 2. The SMILES string of the molecule is CCCCCC/C=C\CCCCCCCC(=O)OC(COCCC(C(=O)[O-])[N+](C)(C)C)COC(=O)CCCCCCCCCCCCCCCCCC. The van der Waals surface area contributed by atoms with E-state index < -0.39 is 18.1 Å². The van der Waals surface area contributed by atoms with Gasteiger partial charge in [0.25, 0.3) is 0 Å². The zero-order valence-electron chi connectivity index (χ0n) is 35.4. The van der Waals surface area contributed by atoms with Crippen molar-refractivity contribution in [1.82, 2.24) is 0 Å². The minimum atomic E-state index is -1.12. The number of carbonyl (C=O) groups is 3. The molecule has 0 rings (SSSR count). The number of hydrogen-bond acceptors (Lipinski definition) is 7. The third-order valence-corrected chi connectivity index (χ3v) is 10.2. The van der Waals surface area contributed by atoms with Crippen molar-refractivity contribution in [2.75, 3.05) is 41.0 Å². The Labute approximate surface area is 327 Å². The summed E-state index contributed by atoms with van der Waals surface area (Å²) in [6.07, 6.45) is 38.0. The molecule has 0 radical (unpaired) electrons. The van der Waals surface area contributed by atoms with Crippen molar-refractivity contribution < 1.29 is 38.2 Å². The maximum Gasteiger partial charge on any atom is 0.306 e. The van der Waals surface area contributed by atoms with Crippen LogP contribution < -0.4 is 5.11 Å². The minimum absolute atomic E-state index is 0.0428. The van der Waals surface area contributed by atoms with Crippen LogP contribution >= 0.6 is 0 Å². The van der Waals surface area contributed by atoms with E-state index in [1.54, 1.807) is 21.1 Å². The fourth-order valence-corrected chi connectivity index (χ4v) is 6.65. The monoisotopic (exact) mass is 752 g/mol. The van der Waals surface area contributed by atoms with Crippen LogP contribution in [0.3, 0.4) is 0 Å². The zero-order chi connectivity index (χ0) is 39.3. The van der Waals surface area contributed by atoms with Gasteiger partial charge in [0.05, 0.1) is 40.3 Å². The van der Waals surface area contributed by atoms with Crippen molar-refractivity contribution in [3.05, 3.63) is 12.2 Å². The second-order valence-corrected chi connectivity index (χ2v) is 16.3. The van der Waals surface area contributed by atoms with Crippen LogP contribution in [-0.2, 0) is 28.6 Å². The first-order valence-corrected chi connectivity index (χ1v) is 22.2. The fourth-order valence-electron chi connectivity index (χ4n) is 6.65. The van der Waals surface area contributed by atoms with E-state index in [9.17, 15) is 19.5 Å². The predicted octanol–water partition coefficient (Wildman–Crippen LogP) is 10.6. The molecule has 0 aliphatic rings. The zero-order valence-corrected chi connectivity index (χ0v) is 35.4. The van der Waals surface area contributed by atoms with E-state index in [0.717, 1.165) is 51.4 Å². The van der Waals surface area contributed by atoms with Crippen LogP contribution in [-0.4, -0.2) is 75.5 Å². The first kappa shape index (κ1) is 51.1. The van der Waals surface area contributed by atoms with E-state index in [2.05, 4.69) is 26.0 Å². The van der Waals surface area contributed by atoms with Gasteiger partial charge in [0.15, 0.2) is 6.10 Å². The number of nitrogens with zero attached hydrogens (tertiary/aromatic N) is 1. The van der Waals surface area contributed by atoms with Crippen molar-refractivity contribution in [1.29, 1.82) is 0 Å². The van der Waals surface area contributed by atoms with E-state index in [0.29, 0.717) is 12.8 Å². The van der Waals surface area contributed by atoms with Crippen molar-refractivity contribution >= 4 is 17.9 Å². The van der Waals surface area contributed by atoms with Crippen LogP contribution in [0.4, 0.5) is 0 Å². The van der Waals surface area contributed by atoms with E-state index in [1.807, 2.05) is 0 Å². The third-order valence-electron chi connectivity index (χ3n) is 10.2. The summed E-state index contributed by atoms with van der Waals surface area (Å²) in [6, 6.07) is -0.722. The number of carbonyl (C=O) groups excluding carboxylic acids is 3. The molecule has 2 atom stereocenters. The van der Waals surface area contributed by atoms with E-state index >= 15 is 0 Å². The van der Waals surface area contributed by atoms with Gasteiger partial charge in [-0.1, -0.05) is 161 Å². The average Bonchev–Trinajstić information content (AvgIpc) is 3.11. The normalized spacial score (nSPS) is 13.0. The van der Waals surface area contributed by atoms with Crippen molar-refractivity contribution in [3.63, 3.8) is 0 Å². The number of rotatable bonds is 40. The second kappa shape index (κ2) is 37.0. The summed E-state index contributed by atoms with van der Waals surface area (Å²) >= 11 is 0. The van der Waals surface area contributed by atoms with Gasteiger partial charge in [-0.2, -0.15) is 0 Å². The number of carboxylic acid groups (broad SMARTS) is 1. The molecule has 53 heavy (non-hydrogen) atoms. The number of ether oxygens (including phenoxy) is 3. The Bertz CT molecular complexity index is 885. The van der Waals surface area contributed by atoms with E-state index in [1.165, 1.54) is 122 Å². The predicted molar refractivity (Wildman–Crippen MR) is 217 cm³/mol. The largest absolute Gasteiger partial charge is 0.544 e. The lowest BCUT2D eigenvalue weighted by atomic mass is 10.0. The highest BCUT2D eigenvalue weighted by atomic mass is 16.6. The third kappa shape index (κ3) is 35.5. The minimum Gasteiger partial charge on any atom is -0.544 e. The molecule has 0 saturated carbocycles. The summed E-state index contributed by atoms with van der Waals surface area (Å²) in [4.78, 5) is 36.8. The van der Waals surface area contributed by atoms with Gasteiger partial charge < -0.3 is 28.6 Å². The first-order chi connectivity index (χ1) is 25.6. The number of hydrogen-bond donors (Lipinski definition) is 0. The van der Waals surface area contributed by atoms with Gasteiger partial charge in [-0.05, 0) is 38.5 Å². The molecule has 8 nitrogen and oxygen atoms in total. The Kier molecular flexibility index (Phi) is 35.7. The highest BCUT2D eigenvalue weighted by Gasteiger charge is 2.25. The maximum atomic E-state index is 12.7. The average molecular weight is 752 g/mol. The van der Waals surface area contributed by atoms with Crippen LogP contribution in [0.15, 0.2) is 12.2 Å². The molecular formula is C45H85NO7. The Balaban J connectivity index is 4.31. The number of likely N-dealkylation sites (N-methyl/N-ethyl adjacent to an activating group) is 1. The highest BCUT2D eigenvalue weighted by molar-refractivity contribution is 5.70. The lowest BCUT2D eigenvalue weighted by Gasteiger charge is -2.34. The van der Waals surface area contributed by atoms with Gasteiger partial charge >= 0.3 is 11.9 Å². The molecule has 0 aliphatic carbocycles. The molecule has 0 heterocycles. The molecule has 8 heteroatoms. The number of carboxylic acids is 1. The van der Waals surface area contributed by atoms with Crippen molar-refractivity contribution in [2.45, 2.75) is 219 Å². The van der Waals surface area contributed by atoms with Crippen LogP contribution in [0.25, 0.3) is 0 Å². The first-order valence-electron chi connectivity index (χ1n) is 22.2. The summed E-state index contributed by atoms with van der Waals surface area (Å²) < 4.78 is 17.2. The van der Waals surface area contributed by atoms with Gasteiger partial charge in [0, 0.05) is 19.3 Å². The molecule has 0 amide bonds. The Morgan fingerprint density at radius 1 is 0.547 bits per heavy atom. The summed E-state index contributed by atoms with van der Waals surface area (Å²) in [5.41, 5.74) is 0. The van der Waals surface area contributed by atoms with Gasteiger partial charge in [-0.25, -0.2) is 0 Å². The van der Waals surface area contributed by atoms with Crippen LogP contribution in [0.2, 0.25) is 0 Å². The van der Waals surface area contributed by atoms with Gasteiger partial charge in [0.2, 0.25) is 0 Å². The molecule has 0 aromatic heterocycles. The Hall–Kier alpha value is -1.93. The van der Waals surface area contributed by atoms with E-state index in [4.69, 9.17) is 14.2 Å². The smallest absolute Gasteiger partial charge is 0.306 e. The van der Waals surface area contributed by atoms with Crippen LogP contribution in [0, 0.1) is 0 Å². The molecule has 0 aromatic rings. The number of quaternary nitrogens is 1. The Morgan fingerprint density at radius 2 is 0.943 bits per heavy atom. The molecule has 0 saturated heterocycles. The molecule has 0 bridgehead atoms. The summed E-state index contributed by atoms with van der Waals surface area (Å²) in [5, 5.41) is 11.6. The number of allylic oxidation sites excluding steroid dienone is 2. The van der Waals surface area contributed by atoms with Gasteiger partial charge in [-0.3, -0.25) is 9.59 Å². The lowest BCUT2D eigenvalue weighted by Crippen LogP contribution is -2.55. The second-order valence-electron chi connectivity index (χ2n) is 16.3. The molecule has 0 aromatic carbocycles. The molecule has 0 aliphatic heterocycles. The fraction of sp³-hybridized carbons (Fsp3) is 0.889. The van der Waals surface area contributed by atoms with Crippen LogP contribution in [0.1, 0.15) is 206 Å².